The lowest BCUT2D eigenvalue weighted by atomic mass is 10.4. The number of anilines is 1. The summed E-state index contributed by atoms with van der Waals surface area (Å²) in [6.45, 7) is 0. The molecule has 3 heterocycles. The summed E-state index contributed by atoms with van der Waals surface area (Å²) in [5.74, 6) is 0.186. The van der Waals surface area contributed by atoms with E-state index < -0.39 is 0 Å². The summed E-state index contributed by atoms with van der Waals surface area (Å²) in [6.07, 6.45) is 8.47. The lowest BCUT2D eigenvalue weighted by molar-refractivity contribution is 0.102. The molecule has 90 valence electrons. The van der Waals surface area contributed by atoms with Crippen LogP contribution < -0.4 is 5.32 Å². The zero-order valence-corrected chi connectivity index (χ0v) is 9.61. The molecule has 0 aliphatic carbocycles. The number of imidazole rings is 1. The Morgan fingerprint density at radius 2 is 2.28 bits per heavy atom. The van der Waals surface area contributed by atoms with Gasteiger partial charge < -0.3 is 9.72 Å². The summed E-state index contributed by atoms with van der Waals surface area (Å²) in [5.41, 5.74) is 1.03. The van der Waals surface area contributed by atoms with E-state index in [1.165, 1.54) is 0 Å². The number of hydrogen-bond donors (Lipinski definition) is 1. The highest BCUT2D eigenvalue weighted by Gasteiger charge is 2.10. The van der Waals surface area contributed by atoms with Crippen LogP contribution in [0, 0.1) is 0 Å². The molecule has 0 saturated heterocycles. The van der Waals surface area contributed by atoms with Gasteiger partial charge in [-0.2, -0.15) is 5.10 Å². The van der Waals surface area contributed by atoms with Gasteiger partial charge in [0.15, 0.2) is 17.2 Å². The Hall–Kier alpha value is -2.70. The van der Waals surface area contributed by atoms with Crippen LogP contribution in [0.2, 0.25) is 0 Å². The second-order valence-corrected chi connectivity index (χ2v) is 3.80. The monoisotopic (exact) mass is 242 g/mol. The molecule has 0 spiro atoms. The Labute approximate surface area is 102 Å². The van der Waals surface area contributed by atoms with Gasteiger partial charge in [-0.1, -0.05) is 0 Å². The summed E-state index contributed by atoms with van der Waals surface area (Å²) in [7, 11) is 1.76. The van der Waals surface area contributed by atoms with Crippen LogP contribution in [-0.4, -0.2) is 30.1 Å². The zero-order valence-electron chi connectivity index (χ0n) is 9.61. The molecule has 3 aromatic heterocycles. The van der Waals surface area contributed by atoms with Crippen molar-refractivity contribution in [2.75, 3.05) is 5.32 Å². The summed E-state index contributed by atoms with van der Waals surface area (Å²) in [4.78, 5) is 20.0. The Kier molecular flexibility index (Phi) is 2.30. The van der Waals surface area contributed by atoms with Crippen LogP contribution in [-0.2, 0) is 7.05 Å². The summed E-state index contributed by atoms with van der Waals surface area (Å²) in [6, 6.07) is 1.65. The second kappa shape index (κ2) is 3.95. The average Bonchev–Trinajstić information content (AvgIpc) is 2.94. The first-order chi connectivity index (χ1) is 8.72. The van der Waals surface area contributed by atoms with Gasteiger partial charge in [-0.25, -0.2) is 4.98 Å². The van der Waals surface area contributed by atoms with Gasteiger partial charge in [0.05, 0.1) is 12.4 Å². The second-order valence-electron chi connectivity index (χ2n) is 3.80. The average molecular weight is 242 g/mol. The Balaban J connectivity index is 1.86. The number of carbonyl (C=O) groups excluding carboxylic acids is 1. The first kappa shape index (κ1) is 10.5. The van der Waals surface area contributed by atoms with Crippen LogP contribution in [0.15, 0.2) is 37.1 Å². The van der Waals surface area contributed by atoms with Crippen LogP contribution in [0.25, 0.3) is 5.65 Å². The van der Waals surface area contributed by atoms with Crippen molar-refractivity contribution in [3.63, 3.8) is 0 Å². The predicted molar refractivity (Wildman–Crippen MR) is 64.1 cm³/mol. The van der Waals surface area contributed by atoms with E-state index in [1.807, 2.05) is 0 Å². The van der Waals surface area contributed by atoms with E-state index in [0.29, 0.717) is 17.2 Å². The summed E-state index contributed by atoms with van der Waals surface area (Å²) >= 11 is 0. The highest BCUT2D eigenvalue weighted by atomic mass is 16.2. The lowest BCUT2D eigenvalue weighted by Crippen LogP contribution is -2.13. The smallest absolute Gasteiger partial charge is 0.277 e. The minimum Gasteiger partial charge on any atom is -0.304 e. The van der Waals surface area contributed by atoms with Crippen LogP contribution in [0.4, 0.5) is 5.82 Å². The van der Waals surface area contributed by atoms with Crippen molar-refractivity contribution in [1.82, 2.24) is 24.1 Å². The van der Waals surface area contributed by atoms with Gasteiger partial charge in [-0.15, -0.1) is 0 Å². The number of fused-ring (bicyclic) bond motifs is 1. The third kappa shape index (κ3) is 1.81. The molecule has 3 rings (SSSR count). The number of hydrogen-bond acceptors (Lipinski definition) is 4. The van der Waals surface area contributed by atoms with Gasteiger partial charge >= 0.3 is 0 Å². The predicted octanol–water partition coefficient (Wildman–Crippen LogP) is 0.715. The maximum Gasteiger partial charge on any atom is 0.277 e. The molecule has 0 unspecified atom stereocenters. The SMILES string of the molecule is Cn1ccc(C(=O)Nc2cn3ccncc3n2)n1. The van der Waals surface area contributed by atoms with E-state index >= 15 is 0 Å². The minimum absolute atomic E-state index is 0.285. The van der Waals surface area contributed by atoms with E-state index in [1.54, 1.807) is 53.2 Å². The van der Waals surface area contributed by atoms with E-state index in [2.05, 4.69) is 20.4 Å². The fourth-order valence-electron chi connectivity index (χ4n) is 1.62. The lowest BCUT2D eigenvalue weighted by Gasteiger charge is -1.96. The highest BCUT2D eigenvalue weighted by molar-refractivity contribution is 6.02. The molecule has 1 N–H and O–H groups in total. The summed E-state index contributed by atoms with van der Waals surface area (Å²) in [5, 5.41) is 6.70. The third-order valence-corrected chi connectivity index (χ3v) is 2.45. The van der Waals surface area contributed by atoms with Gasteiger partial charge in [0.25, 0.3) is 5.91 Å². The molecular formula is C11H10N6O. The fourth-order valence-corrected chi connectivity index (χ4v) is 1.62. The molecule has 0 aliphatic heterocycles. The number of nitrogens with zero attached hydrogens (tertiary/aromatic N) is 5. The van der Waals surface area contributed by atoms with Crippen molar-refractivity contribution < 1.29 is 4.79 Å². The first-order valence-electron chi connectivity index (χ1n) is 5.32. The minimum atomic E-state index is -0.285. The quantitative estimate of drug-likeness (QED) is 0.718. The molecule has 7 heteroatoms. The number of aromatic nitrogens is 5. The van der Waals surface area contributed by atoms with E-state index in [-0.39, 0.29) is 5.91 Å². The highest BCUT2D eigenvalue weighted by Crippen LogP contribution is 2.09. The number of nitrogens with one attached hydrogen (secondary N) is 1. The molecule has 1 amide bonds. The largest absolute Gasteiger partial charge is 0.304 e. The van der Waals surface area contributed by atoms with Gasteiger partial charge in [-0.05, 0) is 6.07 Å². The Morgan fingerprint density at radius 1 is 1.39 bits per heavy atom. The van der Waals surface area contributed by atoms with E-state index in [9.17, 15) is 4.79 Å². The zero-order chi connectivity index (χ0) is 12.5. The van der Waals surface area contributed by atoms with Crippen molar-refractivity contribution in [3.05, 3.63) is 42.7 Å². The molecule has 0 fully saturated rings. The molecular weight excluding hydrogens is 232 g/mol. The van der Waals surface area contributed by atoms with Crippen molar-refractivity contribution in [3.8, 4) is 0 Å². The molecule has 7 nitrogen and oxygen atoms in total. The van der Waals surface area contributed by atoms with Crippen LogP contribution >= 0.6 is 0 Å². The molecule has 0 radical (unpaired) electrons. The normalized spacial score (nSPS) is 10.7. The molecule has 0 aromatic carbocycles. The molecule has 0 saturated carbocycles. The van der Waals surface area contributed by atoms with Crippen LogP contribution in [0.3, 0.4) is 0 Å². The van der Waals surface area contributed by atoms with Crippen LogP contribution in [0.1, 0.15) is 10.5 Å². The summed E-state index contributed by atoms with van der Waals surface area (Å²) < 4.78 is 3.35. The molecule has 18 heavy (non-hydrogen) atoms. The van der Waals surface area contributed by atoms with Crippen molar-refractivity contribution in [2.45, 2.75) is 0 Å². The molecule has 0 atom stereocenters. The first-order valence-corrected chi connectivity index (χ1v) is 5.32. The molecule has 0 bridgehead atoms. The standard InChI is InChI=1S/C11H10N6O/c1-16-4-2-8(15-16)11(18)14-9-7-17-5-3-12-6-10(17)13-9/h2-7H,1H3,(H,14,18). The van der Waals surface area contributed by atoms with Crippen molar-refractivity contribution >= 4 is 17.4 Å². The topological polar surface area (TPSA) is 77.1 Å². The number of rotatable bonds is 2. The maximum absolute atomic E-state index is 11.9. The molecule has 0 aliphatic rings. The van der Waals surface area contributed by atoms with Gasteiger partial charge in [0, 0.05) is 25.6 Å². The Bertz CT molecular complexity index is 680. The third-order valence-electron chi connectivity index (χ3n) is 2.45. The number of amides is 1. The van der Waals surface area contributed by atoms with Crippen molar-refractivity contribution in [2.24, 2.45) is 7.05 Å². The van der Waals surface area contributed by atoms with Crippen molar-refractivity contribution in [1.29, 1.82) is 0 Å². The van der Waals surface area contributed by atoms with Gasteiger partial charge in [0.1, 0.15) is 0 Å². The maximum atomic E-state index is 11.9. The Morgan fingerprint density at radius 3 is 3.00 bits per heavy atom. The molecule has 3 aromatic rings. The fraction of sp³-hybridized carbons (Fsp3) is 0.0909. The van der Waals surface area contributed by atoms with Crippen LogP contribution in [0.5, 0.6) is 0 Å². The van der Waals surface area contributed by atoms with Gasteiger partial charge in [-0.3, -0.25) is 14.5 Å². The number of aryl methyl sites for hydroxylation is 1. The van der Waals surface area contributed by atoms with E-state index in [0.717, 1.165) is 0 Å². The number of carbonyl (C=O) groups is 1. The van der Waals surface area contributed by atoms with Gasteiger partial charge in [0.2, 0.25) is 0 Å². The van der Waals surface area contributed by atoms with E-state index in [4.69, 9.17) is 0 Å².